The fraction of sp³-hybridized carbons (Fsp3) is 0.533. The van der Waals surface area contributed by atoms with Crippen molar-refractivity contribution in [2.75, 3.05) is 0 Å². The molecule has 1 saturated carbocycles. The number of benzene rings is 1. The van der Waals surface area contributed by atoms with E-state index in [4.69, 9.17) is 11.6 Å². The third-order valence-electron chi connectivity index (χ3n) is 3.66. The zero-order chi connectivity index (χ0) is 13.0. The van der Waals surface area contributed by atoms with E-state index in [2.05, 4.69) is 0 Å². The van der Waals surface area contributed by atoms with Crippen LogP contribution in [0.1, 0.15) is 31.2 Å². The molecule has 3 atom stereocenters. The van der Waals surface area contributed by atoms with Crippen molar-refractivity contribution in [2.24, 2.45) is 5.92 Å². The first-order valence-corrected chi connectivity index (χ1v) is 7.01. The Hall–Kier alpha value is -0.860. The third-order valence-corrected chi connectivity index (χ3v) is 4.07. The molecule has 1 aliphatic carbocycles. The van der Waals surface area contributed by atoms with Crippen molar-refractivity contribution in [3.63, 3.8) is 0 Å². The van der Waals surface area contributed by atoms with Crippen LogP contribution in [0.25, 0.3) is 0 Å². The molecular formula is C15H19ClO2. The van der Waals surface area contributed by atoms with Gasteiger partial charge in [-0.1, -0.05) is 36.8 Å². The van der Waals surface area contributed by atoms with Crippen molar-refractivity contribution in [2.45, 2.75) is 43.6 Å². The van der Waals surface area contributed by atoms with Gasteiger partial charge in [-0.25, -0.2) is 0 Å². The maximum atomic E-state index is 11.8. The van der Waals surface area contributed by atoms with E-state index in [1.54, 1.807) is 0 Å². The first-order valence-electron chi connectivity index (χ1n) is 6.57. The second kappa shape index (κ2) is 6.35. The highest BCUT2D eigenvalue weighted by Crippen LogP contribution is 2.27. The fourth-order valence-corrected chi connectivity index (χ4v) is 2.94. The molecule has 0 radical (unpaired) electrons. The number of Topliss-reactive ketones (excluding diaryl/α,β-unsaturated/α-hetero) is 1. The van der Waals surface area contributed by atoms with E-state index in [1.165, 1.54) is 0 Å². The van der Waals surface area contributed by atoms with Gasteiger partial charge in [0.25, 0.3) is 0 Å². The molecule has 0 aliphatic heterocycles. The minimum atomic E-state index is -0.723. The quantitative estimate of drug-likeness (QED) is 0.851. The van der Waals surface area contributed by atoms with E-state index < -0.39 is 6.10 Å². The minimum absolute atomic E-state index is 0.174. The molecule has 0 aromatic heterocycles. The largest absolute Gasteiger partial charge is 0.391 e. The van der Waals surface area contributed by atoms with E-state index >= 15 is 0 Å². The summed E-state index contributed by atoms with van der Waals surface area (Å²) in [6, 6.07) is 9.84. The number of hydrogen-bond donors (Lipinski definition) is 1. The van der Waals surface area contributed by atoms with E-state index in [1.807, 2.05) is 30.3 Å². The first-order chi connectivity index (χ1) is 8.68. The lowest BCUT2D eigenvalue weighted by atomic mass is 9.82. The van der Waals surface area contributed by atoms with Crippen LogP contribution in [0.2, 0.25) is 0 Å². The van der Waals surface area contributed by atoms with Gasteiger partial charge in [0, 0.05) is 12.3 Å². The maximum absolute atomic E-state index is 11.8. The molecule has 0 heterocycles. The lowest BCUT2D eigenvalue weighted by Crippen LogP contribution is -2.37. The molecule has 0 unspecified atom stereocenters. The van der Waals surface area contributed by atoms with Gasteiger partial charge in [0.05, 0.1) is 11.5 Å². The fourth-order valence-electron chi connectivity index (χ4n) is 2.58. The molecular weight excluding hydrogens is 248 g/mol. The van der Waals surface area contributed by atoms with Gasteiger partial charge in [-0.2, -0.15) is 0 Å². The standard InChI is InChI=1S/C15H19ClO2/c16-13(10-11-6-2-1-3-7-11)15(18)12-8-4-5-9-14(12)17/h1-3,6-7,12-13,15,18H,4-5,8-10H2/t12-,13+,15-/m1/s1. The number of alkyl halides is 1. The summed E-state index contributed by atoms with van der Waals surface area (Å²) in [6.07, 6.45) is 3.22. The summed E-state index contributed by atoms with van der Waals surface area (Å²) in [5.41, 5.74) is 1.10. The van der Waals surface area contributed by atoms with Gasteiger partial charge in [-0.05, 0) is 24.8 Å². The molecule has 0 spiro atoms. The average molecular weight is 267 g/mol. The number of carbonyl (C=O) groups is 1. The van der Waals surface area contributed by atoms with Gasteiger partial charge < -0.3 is 5.11 Å². The van der Waals surface area contributed by atoms with Gasteiger partial charge >= 0.3 is 0 Å². The normalized spacial score (nSPS) is 23.7. The molecule has 0 amide bonds. The second-order valence-electron chi connectivity index (χ2n) is 5.01. The number of carbonyl (C=O) groups excluding carboxylic acids is 1. The van der Waals surface area contributed by atoms with E-state index in [-0.39, 0.29) is 17.1 Å². The van der Waals surface area contributed by atoms with Gasteiger partial charge in [-0.3, -0.25) is 4.79 Å². The van der Waals surface area contributed by atoms with Crippen LogP contribution in [0, 0.1) is 5.92 Å². The van der Waals surface area contributed by atoms with Crippen LogP contribution in [0.5, 0.6) is 0 Å². The Labute approximate surface area is 113 Å². The summed E-state index contributed by atoms with van der Waals surface area (Å²) in [4.78, 5) is 11.8. The Morgan fingerprint density at radius 3 is 2.67 bits per heavy atom. The smallest absolute Gasteiger partial charge is 0.138 e. The van der Waals surface area contributed by atoms with Gasteiger partial charge in [-0.15, -0.1) is 11.6 Å². The van der Waals surface area contributed by atoms with E-state index in [9.17, 15) is 9.90 Å². The number of aliphatic hydroxyl groups excluding tert-OH is 1. The lowest BCUT2D eigenvalue weighted by molar-refractivity contribution is -0.128. The molecule has 98 valence electrons. The molecule has 2 nitrogen and oxygen atoms in total. The predicted molar refractivity (Wildman–Crippen MR) is 72.8 cm³/mol. The number of rotatable bonds is 4. The van der Waals surface area contributed by atoms with E-state index in [0.717, 1.165) is 24.8 Å². The maximum Gasteiger partial charge on any atom is 0.138 e. The van der Waals surface area contributed by atoms with Crippen molar-refractivity contribution in [1.82, 2.24) is 0 Å². The van der Waals surface area contributed by atoms with Crippen LogP contribution >= 0.6 is 11.6 Å². The Kier molecular flexibility index (Phi) is 4.79. The van der Waals surface area contributed by atoms with Crippen LogP contribution in [0.3, 0.4) is 0 Å². The Balaban J connectivity index is 1.95. The molecule has 1 aliphatic rings. The molecule has 1 N–H and O–H groups in total. The molecule has 1 aromatic rings. The van der Waals surface area contributed by atoms with Gasteiger partial charge in [0.2, 0.25) is 0 Å². The number of halogens is 1. The molecule has 3 heteroatoms. The minimum Gasteiger partial charge on any atom is -0.391 e. The summed E-state index contributed by atoms with van der Waals surface area (Å²) in [5.74, 6) is -0.0857. The predicted octanol–water partition coefficient (Wildman–Crippen LogP) is 2.96. The highest BCUT2D eigenvalue weighted by atomic mass is 35.5. The Bertz CT molecular complexity index is 391. The topological polar surface area (TPSA) is 37.3 Å². The summed E-state index contributed by atoms with van der Waals surface area (Å²) >= 11 is 6.26. The van der Waals surface area contributed by atoms with Crippen LogP contribution < -0.4 is 0 Å². The molecule has 2 rings (SSSR count). The summed E-state index contributed by atoms with van der Waals surface area (Å²) in [5, 5.41) is 9.83. The zero-order valence-electron chi connectivity index (χ0n) is 10.4. The van der Waals surface area contributed by atoms with Crippen LogP contribution in [0.15, 0.2) is 30.3 Å². The van der Waals surface area contributed by atoms with Crippen LogP contribution in [-0.2, 0) is 11.2 Å². The van der Waals surface area contributed by atoms with Gasteiger partial charge in [0.15, 0.2) is 0 Å². The summed E-state index contributed by atoms with van der Waals surface area (Å²) in [6.45, 7) is 0. The highest BCUT2D eigenvalue weighted by molar-refractivity contribution is 6.21. The number of aliphatic hydroxyl groups is 1. The van der Waals surface area contributed by atoms with Crippen LogP contribution in [0.4, 0.5) is 0 Å². The zero-order valence-corrected chi connectivity index (χ0v) is 11.1. The van der Waals surface area contributed by atoms with Crippen molar-refractivity contribution < 1.29 is 9.90 Å². The highest BCUT2D eigenvalue weighted by Gasteiger charge is 2.33. The number of ketones is 1. The Morgan fingerprint density at radius 1 is 1.28 bits per heavy atom. The van der Waals surface area contributed by atoms with Crippen molar-refractivity contribution in [3.8, 4) is 0 Å². The Morgan fingerprint density at radius 2 is 2.00 bits per heavy atom. The molecule has 18 heavy (non-hydrogen) atoms. The molecule has 0 saturated heterocycles. The molecule has 1 aromatic carbocycles. The molecule has 1 fully saturated rings. The average Bonchev–Trinajstić information content (AvgIpc) is 2.39. The SMILES string of the molecule is O=C1CCCC[C@H]1[C@@H](O)[C@@H](Cl)Cc1ccccc1. The monoisotopic (exact) mass is 266 g/mol. The summed E-state index contributed by atoms with van der Waals surface area (Å²) in [7, 11) is 0. The van der Waals surface area contributed by atoms with E-state index in [0.29, 0.717) is 12.8 Å². The van der Waals surface area contributed by atoms with Gasteiger partial charge in [0.1, 0.15) is 5.78 Å². The lowest BCUT2D eigenvalue weighted by Gasteiger charge is -2.28. The van der Waals surface area contributed by atoms with Crippen molar-refractivity contribution in [1.29, 1.82) is 0 Å². The van der Waals surface area contributed by atoms with Crippen LogP contribution in [-0.4, -0.2) is 22.4 Å². The van der Waals surface area contributed by atoms with Crippen molar-refractivity contribution in [3.05, 3.63) is 35.9 Å². The molecule has 0 bridgehead atoms. The second-order valence-corrected chi connectivity index (χ2v) is 5.58. The number of hydrogen-bond acceptors (Lipinski definition) is 2. The van der Waals surface area contributed by atoms with Crippen molar-refractivity contribution >= 4 is 17.4 Å². The first kappa shape index (κ1) is 13.6. The summed E-state index contributed by atoms with van der Waals surface area (Å²) < 4.78 is 0. The third kappa shape index (κ3) is 3.33.